The minimum atomic E-state index is -0.734. The van der Waals surface area contributed by atoms with Gasteiger partial charge in [0.25, 0.3) is 0 Å². The molecule has 2 rings (SSSR count). The third-order valence-electron chi connectivity index (χ3n) is 3.22. The lowest BCUT2D eigenvalue weighted by molar-refractivity contribution is -0.0473. The average molecular weight is 248 g/mol. The standard InChI is InChI=1S/C15H20O3/c1-9(2)15(17-4)14(16)13-8-11-7-10(3)5-6-12(11)18-13/h5-9,14-16H,1-4H3. The van der Waals surface area contributed by atoms with Crippen LogP contribution in [0.2, 0.25) is 0 Å². The lowest BCUT2D eigenvalue weighted by atomic mass is 10.00. The van der Waals surface area contributed by atoms with Crippen LogP contribution < -0.4 is 0 Å². The molecule has 0 bridgehead atoms. The van der Waals surface area contributed by atoms with Crippen molar-refractivity contribution in [3.63, 3.8) is 0 Å². The van der Waals surface area contributed by atoms with Gasteiger partial charge in [0.05, 0.1) is 6.10 Å². The van der Waals surface area contributed by atoms with Crippen molar-refractivity contribution in [3.8, 4) is 0 Å². The number of aryl methyl sites for hydroxylation is 1. The van der Waals surface area contributed by atoms with Crippen molar-refractivity contribution in [3.05, 3.63) is 35.6 Å². The molecule has 0 aliphatic carbocycles. The van der Waals surface area contributed by atoms with Crippen LogP contribution in [0.4, 0.5) is 0 Å². The highest BCUT2D eigenvalue weighted by Gasteiger charge is 2.26. The summed E-state index contributed by atoms with van der Waals surface area (Å²) >= 11 is 0. The van der Waals surface area contributed by atoms with Gasteiger partial charge in [0.2, 0.25) is 0 Å². The average Bonchev–Trinajstić information content (AvgIpc) is 2.72. The normalized spacial score (nSPS) is 15.2. The monoisotopic (exact) mass is 248 g/mol. The summed E-state index contributed by atoms with van der Waals surface area (Å²) in [5.74, 6) is 0.788. The minimum Gasteiger partial charge on any atom is -0.458 e. The molecule has 0 radical (unpaired) electrons. The van der Waals surface area contributed by atoms with E-state index < -0.39 is 6.10 Å². The van der Waals surface area contributed by atoms with E-state index in [1.54, 1.807) is 7.11 Å². The molecule has 2 aromatic rings. The molecule has 3 heteroatoms. The van der Waals surface area contributed by atoms with Crippen LogP contribution in [0.3, 0.4) is 0 Å². The lowest BCUT2D eigenvalue weighted by Crippen LogP contribution is -2.26. The number of aliphatic hydroxyl groups excluding tert-OH is 1. The zero-order chi connectivity index (χ0) is 13.3. The van der Waals surface area contributed by atoms with Gasteiger partial charge in [-0.1, -0.05) is 25.5 Å². The molecule has 0 spiro atoms. The van der Waals surface area contributed by atoms with Gasteiger partial charge in [-0.2, -0.15) is 0 Å². The molecule has 2 atom stereocenters. The fourth-order valence-corrected chi connectivity index (χ4v) is 2.26. The third-order valence-corrected chi connectivity index (χ3v) is 3.22. The molecule has 1 aromatic carbocycles. The molecule has 2 unspecified atom stereocenters. The number of aliphatic hydroxyl groups is 1. The Hall–Kier alpha value is -1.32. The highest BCUT2D eigenvalue weighted by molar-refractivity contribution is 5.78. The predicted molar refractivity (Wildman–Crippen MR) is 71.5 cm³/mol. The van der Waals surface area contributed by atoms with Crippen molar-refractivity contribution in [2.75, 3.05) is 7.11 Å². The molecule has 18 heavy (non-hydrogen) atoms. The van der Waals surface area contributed by atoms with E-state index in [2.05, 4.69) is 0 Å². The molecule has 0 aliphatic heterocycles. The van der Waals surface area contributed by atoms with Gasteiger partial charge in [-0.15, -0.1) is 0 Å². The van der Waals surface area contributed by atoms with Crippen LogP contribution in [0, 0.1) is 12.8 Å². The topological polar surface area (TPSA) is 42.6 Å². The van der Waals surface area contributed by atoms with Crippen molar-refractivity contribution < 1.29 is 14.3 Å². The number of hydrogen-bond donors (Lipinski definition) is 1. The van der Waals surface area contributed by atoms with Gasteiger partial charge in [-0.05, 0) is 31.0 Å². The van der Waals surface area contributed by atoms with Crippen LogP contribution in [0.5, 0.6) is 0 Å². The summed E-state index contributed by atoms with van der Waals surface area (Å²) in [7, 11) is 1.61. The zero-order valence-electron chi connectivity index (χ0n) is 11.3. The number of furan rings is 1. The first-order valence-corrected chi connectivity index (χ1v) is 6.24. The molecule has 0 aliphatic rings. The van der Waals surface area contributed by atoms with E-state index in [9.17, 15) is 5.11 Å². The Bertz CT molecular complexity index is 528. The second kappa shape index (κ2) is 5.12. The van der Waals surface area contributed by atoms with Crippen molar-refractivity contribution in [2.45, 2.75) is 33.0 Å². The first-order chi connectivity index (χ1) is 8.52. The van der Waals surface area contributed by atoms with Crippen LogP contribution >= 0.6 is 0 Å². The second-order valence-electron chi connectivity index (χ2n) is 5.08. The van der Waals surface area contributed by atoms with Gasteiger partial charge in [-0.3, -0.25) is 0 Å². The number of methoxy groups -OCH3 is 1. The molecular weight excluding hydrogens is 228 g/mol. The van der Waals surface area contributed by atoms with Gasteiger partial charge in [0, 0.05) is 12.5 Å². The number of benzene rings is 1. The highest BCUT2D eigenvalue weighted by Crippen LogP contribution is 2.29. The first kappa shape index (κ1) is 13.1. The lowest BCUT2D eigenvalue weighted by Gasteiger charge is -2.23. The molecular formula is C15H20O3. The molecule has 1 heterocycles. The minimum absolute atomic E-state index is 0.222. The van der Waals surface area contributed by atoms with Gasteiger partial charge >= 0.3 is 0 Å². The number of rotatable bonds is 4. The highest BCUT2D eigenvalue weighted by atomic mass is 16.5. The van der Waals surface area contributed by atoms with E-state index in [-0.39, 0.29) is 12.0 Å². The van der Waals surface area contributed by atoms with E-state index in [4.69, 9.17) is 9.15 Å². The van der Waals surface area contributed by atoms with Crippen molar-refractivity contribution in [1.29, 1.82) is 0 Å². The maximum atomic E-state index is 10.3. The molecule has 0 saturated carbocycles. The van der Waals surface area contributed by atoms with Crippen molar-refractivity contribution >= 4 is 11.0 Å². The van der Waals surface area contributed by atoms with E-state index >= 15 is 0 Å². The van der Waals surface area contributed by atoms with Crippen LogP contribution in [0.1, 0.15) is 31.3 Å². The van der Waals surface area contributed by atoms with E-state index in [1.807, 2.05) is 45.0 Å². The second-order valence-corrected chi connectivity index (χ2v) is 5.08. The summed E-state index contributed by atoms with van der Waals surface area (Å²) in [6.45, 7) is 6.07. The van der Waals surface area contributed by atoms with E-state index in [0.717, 1.165) is 11.0 Å². The van der Waals surface area contributed by atoms with Crippen LogP contribution in [0.25, 0.3) is 11.0 Å². The first-order valence-electron chi connectivity index (χ1n) is 6.24. The maximum absolute atomic E-state index is 10.3. The molecule has 98 valence electrons. The maximum Gasteiger partial charge on any atom is 0.138 e. The summed E-state index contributed by atoms with van der Waals surface area (Å²) < 4.78 is 11.0. The van der Waals surface area contributed by atoms with Crippen LogP contribution in [-0.4, -0.2) is 18.3 Å². The van der Waals surface area contributed by atoms with Gasteiger partial charge < -0.3 is 14.3 Å². The molecule has 0 amide bonds. The SMILES string of the molecule is COC(C(C)C)C(O)c1cc2cc(C)ccc2o1. The smallest absolute Gasteiger partial charge is 0.138 e. The zero-order valence-corrected chi connectivity index (χ0v) is 11.3. The Labute approximate surface area is 107 Å². The van der Waals surface area contributed by atoms with Gasteiger partial charge in [-0.25, -0.2) is 0 Å². The summed E-state index contributed by atoms with van der Waals surface area (Å²) in [5, 5.41) is 11.3. The predicted octanol–water partition coefficient (Wildman–Crippen LogP) is 3.45. The quantitative estimate of drug-likeness (QED) is 0.901. The largest absolute Gasteiger partial charge is 0.458 e. The number of hydrogen-bond acceptors (Lipinski definition) is 3. The summed E-state index contributed by atoms with van der Waals surface area (Å²) in [4.78, 5) is 0. The fourth-order valence-electron chi connectivity index (χ4n) is 2.26. The Morgan fingerprint density at radius 1 is 1.22 bits per heavy atom. The number of ether oxygens (including phenoxy) is 1. The van der Waals surface area contributed by atoms with Crippen LogP contribution in [0.15, 0.2) is 28.7 Å². The van der Waals surface area contributed by atoms with Crippen molar-refractivity contribution in [1.82, 2.24) is 0 Å². The Morgan fingerprint density at radius 2 is 1.94 bits per heavy atom. The summed E-state index contributed by atoms with van der Waals surface area (Å²) in [5.41, 5.74) is 1.98. The van der Waals surface area contributed by atoms with E-state index in [1.165, 1.54) is 5.56 Å². The molecule has 0 fully saturated rings. The Morgan fingerprint density at radius 3 is 2.56 bits per heavy atom. The third kappa shape index (κ3) is 2.42. The summed E-state index contributed by atoms with van der Waals surface area (Å²) in [6, 6.07) is 7.87. The van der Waals surface area contributed by atoms with Gasteiger partial charge in [0.15, 0.2) is 0 Å². The molecule has 1 N–H and O–H groups in total. The Balaban J connectivity index is 2.35. The van der Waals surface area contributed by atoms with Crippen molar-refractivity contribution in [2.24, 2.45) is 5.92 Å². The Kier molecular flexibility index (Phi) is 3.73. The van der Waals surface area contributed by atoms with E-state index in [0.29, 0.717) is 5.76 Å². The fraction of sp³-hybridized carbons (Fsp3) is 0.467. The van der Waals surface area contributed by atoms with Crippen LogP contribution in [-0.2, 0) is 4.74 Å². The number of fused-ring (bicyclic) bond motifs is 1. The molecule has 0 saturated heterocycles. The summed E-state index contributed by atoms with van der Waals surface area (Å²) in [6.07, 6.45) is -0.991. The molecule has 1 aromatic heterocycles. The molecule has 3 nitrogen and oxygen atoms in total. The van der Waals surface area contributed by atoms with Gasteiger partial charge in [0.1, 0.15) is 17.4 Å².